The van der Waals surface area contributed by atoms with Crippen molar-refractivity contribution in [3.8, 4) is 11.3 Å². The van der Waals surface area contributed by atoms with E-state index in [0.717, 1.165) is 28.7 Å². The van der Waals surface area contributed by atoms with Crippen LogP contribution in [0.4, 0.5) is 0 Å². The smallest absolute Gasteiger partial charge is 0.135 e. The van der Waals surface area contributed by atoms with E-state index in [1.807, 2.05) is 18.2 Å². The Hall–Kier alpha value is -1.25. The molecule has 0 saturated heterocycles. The SMILES string of the molecule is Cc1cc(Cl)c(-c2ccc(CNC(C)C)o2)cc1C. The fourth-order valence-electron chi connectivity index (χ4n) is 1.89. The summed E-state index contributed by atoms with van der Waals surface area (Å²) in [5.41, 5.74) is 3.38. The molecule has 1 N–H and O–H groups in total. The molecule has 1 aromatic heterocycles. The third-order valence-electron chi connectivity index (χ3n) is 3.20. The van der Waals surface area contributed by atoms with E-state index in [1.54, 1.807) is 0 Å². The highest BCUT2D eigenvalue weighted by molar-refractivity contribution is 6.33. The summed E-state index contributed by atoms with van der Waals surface area (Å²) in [7, 11) is 0. The van der Waals surface area contributed by atoms with Gasteiger partial charge in [-0.25, -0.2) is 0 Å². The molecule has 0 fully saturated rings. The third-order valence-corrected chi connectivity index (χ3v) is 3.51. The first-order chi connectivity index (χ1) is 8.97. The van der Waals surface area contributed by atoms with Crippen LogP contribution in [-0.4, -0.2) is 6.04 Å². The number of hydrogen-bond donors (Lipinski definition) is 1. The molecule has 1 heterocycles. The van der Waals surface area contributed by atoms with Crippen LogP contribution in [0, 0.1) is 13.8 Å². The zero-order valence-electron chi connectivity index (χ0n) is 11.9. The summed E-state index contributed by atoms with van der Waals surface area (Å²) in [5, 5.41) is 4.07. The number of furan rings is 1. The Morgan fingerprint density at radius 1 is 1.16 bits per heavy atom. The summed E-state index contributed by atoms with van der Waals surface area (Å²) < 4.78 is 5.85. The normalized spacial score (nSPS) is 11.3. The number of halogens is 1. The second kappa shape index (κ2) is 5.81. The Bertz CT molecular complexity index is 572. The van der Waals surface area contributed by atoms with Crippen LogP contribution in [-0.2, 0) is 6.54 Å². The summed E-state index contributed by atoms with van der Waals surface area (Å²) in [5.74, 6) is 1.76. The third kappa shape index (κ3) is 3.40. The van der Waals surface area contributed by atoms with Crippen molar-refractivity contribution in [1.82, 2.24) is 5.32 Å². The number of rotatable bonds is 4. The molecule has 0 aliphatic heterocycles. The molecule has 2 rings (SSSR count). The second-order valence-electron chi connectivity index (χ2n) is 5.22. The molecule has 0 bridgehead atoms. The van der Waals surface area contributed by atoms with E-state index in [9.17, 15) is 0 Å². The van der Waals surface area contributed by atoms with Crippen LogP contribution >= 0.6 is 11.6 Å². The van der Waals surface area contributed by atoms with E-state index in [2.05, 4.69) is 39.1 Å². The van der Waals surface area contributed by atoms with Crippen molar-refractivity contribution in [1.29, 1.82) is 0 Å². The van der Waals surface area contributed by atoms with Crippen molar-refractivity contribution in [3.63, 3.8) is 0 Å². The van der Waals surface area contributed by atoms with Crippen molar-refractivity contribution in [2.24, 2.45) is 0 Å². The molecule has 0 atom stereocenters. The molecule has 2 aromatic rings. The van der Waals surface area contributed by atoms with Crippen molar-refractivity contribution in [2.75, 3.05) is 0 Å². The van der Waals surface area contributed by atoms with Gasteiger partial charge in [-0.1, -0.05) is 25.4 Å². The first-order valence-corrected chi connectivity index (χ1v) is 6.94. The van der Waals surface area contributed by atoms with E-state index >= 15 is 0 Å². The first kappa shape index (κ1) is 14.2. The lowest BCUT2D eigenvalue weighted by Crippen LogP contribution is -2.21. The second-order valence-corrected chi connectivity index (χ2v) is 5.63. The van der Waals surface area contributed by atoms with Crippen LogP contribution in [0.25, 0.3) is 11.3 Å². The van der Waals surface area contributed by atoms with Gasteiger partial charge < -0.3 is 9.73 Å². The topological polar surface area (TPSA) is 25.2 Å². The maximum Gasteiger partial charge on any atom is 0.135 e. The van der Waals surface area contributed by atoms with E-state index in [4.69, 9.17) is 16.0 Å². The Labute approximate surface area is 119 Å². The summed E-state index contributed by atoms with van der Waals surface area (Å²) >= 11 is 6.30. The van der Waals surface area contributed by atoms with Gasteiger partial charge in [-0.15, -0.1) is 0 Å². The Morgan fingerprint density at radius 2 is 1.84 bits per heavy atom. The van der Waals surface area contributed by atoms with Gasteiger partial charge in [0.05, 0.1) is 11.6 Å². The van der Waals surface area contributed by atoms with Crippen LogP contribution < -0.4 is 5.32 Å². The highest BCUT2D eigenvalue weighted by Crippen LogP contribution is 2.31. The minimum atomic E-state index is 0.443. The summed E-state index contributed by atoms with van der Waals surface area (Å²) in [6.45, 7) is 9.11. The van der Waals surface area contributed by atoms with Gasteiger partial charge in [0.1, 0.15) is 11.5 Å². The van der Waals surface area contributed by atoms with Gasteiger partial charge in [-0.2, -0.15) is 0 Å². The highest BCUT2D eigenvalue weighted by Gasteiger charge is 2.10. The molecule has 0 radical (unpaired) electrons. The van der Waals surface area contributed by atoms with Gasteiger partial charge in [-0.3, -0.25) is 0 Å². The molecule has 0 aliphatic carbocycles. The summed E-state index contributed by atoms with van der Waals surface area (Å²) in [6.07, 6.45) is 0. The Morgan fingerprint density at radius 3 is 2.53 bits per heavy atom. The van der Waals surface area contributed by atoms with Gasteiger partial charge in [0.2, 0.25) is 0 Å². The fraction of sp³-hybridized carbons (Fsp3) is 0.375. The van der Waals surface area contributed by atoms with Crippen LogP contribution in [0.15, 0.2) is 28.7 Å². The van der Waals surface area contributed by atoms with E-state index in [0.29, 0.717) is 6.04 Å². The van der Waals surface area contributed by atoms with Crippen LogP contribution in [0.2, 0.25) is 5.02 Å². The lowest BCUT2D eigenvalue weighted by atomic mass is 10.0. The van der Waals surface area contributed by atoms with Gasteiger partial charge in [-0.05, 0) is 49.2 Å². The largest absolute Gasteiger partial charge is 0.460 e. The molecule has 2 nitrogen and oxygen atoms in total. The van der Waals surface area contributed by atoms with Gasteiger partial charge >= 0.3 is 0 Å². The molecule has 0 unspecified atom stereocenters. The predicted molar refractivity (Wildman–Crippen MR) is 80.6 cm³/mol. The molecule has 3 heteroatoms. The van der Waals surface area contributed by atoms with E-state index in [-0.39, 0.29) is 0 Å². The lowest BCUT2D eigenvalue weighted by molar-refractivity contribution is 0.473. The molecule has 1 aromatic carbocycles. The van der Waals surface area contributed by atoms with Crippen molar-refractivity contribution in [2.45, 2.75) is 40.3 Å². The maximum atomic E-state index is 6.30. The fourth-order valence-corrected chi connectivity index (χ4v) is 2.20. The number of hydrogen-bond acceptors (Lipinski definition) is 2. The van der Waals surface area contributed by atoms with Crippen LogP contribution in [0.3, 0.4) is 0 Å². The zero-order chi connectivity index (χ0) is 14.0. The standard InChI is InChI=1S/C16H20ClNO/c1-10(2)18-9-13-5-6-16(19-13)14-7-11(3)12(4)8-15(14)17/h5-8,10,18H,9H2,1-4H3. The Balaban J connectivity index is 2.25. The van der Waals surface area contributed by atoms with Gasteiger partial charge in [0, 0.05) is 11.6 Å². The Kier molecular flexibility index (Phi) is 4.33. The monoisotopic (exact) mass is 277 g/mol. The maximum absolute atomic E-state index is 6.30. The zero-order valence-corrected chi connectivity index (χ0v) is 12.6. The molecule has 0 amide bonds. The van der Waals surface area contributed by atoms with Crippen molar-refractivity contribution < 1.29 is 4.42 Å². The van der Waals surface area contributed by atoms with Crippen LogP contribution in [0.5, 0.6) is 0 Å². The molecule has 0 spiro atoms. The van der Waals surface area contributed by atoms with Gasteiger partial charge in [0.15, 0.2) is 0 Å². The van der Waals surface area contributed by atoms with Gasteiger partial charge in [0.25, 0.3) is 0 Å². The molecule has 102 valence electrons. The average molecular weight is 278 g/mol. The molecular weight excluding hydrogens is 258 g/mol. The highest BCUT2D eigenvalue weighted by atomic mass is 35.5. The quantitative estimate of drug-likeness (QED) is 0.875. The average Bonchev–Trinajstić information content (AvgIpc) is 2.80. The summed E-state index contributed by atoms with van der Waals surface area (Å²) in [4.78, 5) is 0. The van der Waals surface area contributed by atoms with Crippen molar-refractivity contribution >= 4 is 11.6 Å². The lowest BCUT2D eigenvalue weighted by Gasteiger charge is -2.07. The molecule has 0 saturated carbocycles. The number of benzene rings is 1. The molecular formula is C16H20ClNO. The summed E-state index contributed by atoms with van der Waals surface area (Å²) in [6, 6.07) is 8.49. The molecule has 19 heavy (non-hydrogen) atoms. The first-order valence-electron chi connectivity index (χ1n) is 6.56. The van der Waals surface area contributed by atoms with E-state index < -0.39 is 0 Å². The number of nitrogens with one attached hydrogen (secondary N) is 1. The number of aryl methyl sites for hydroxylation is 2. The van der Waals surface area contributed by atoms with E-state index in [1.165, 1.54) is 11.1 Å². The molecule has 0 aliphatic rings. The predicted octanol–water partition coefficient (Wildman–Crippen LogP) is 4.71. The van der Waals surface area contributed by atoms with Crippen LogP contribution in [0.1, 0.15) is 30.7 Å². The minimum Gasteiger partial charge on any atom is -0.460 e. The minimum absolute atomic E-state index is 0.443. The van der Waals surface area contributed by atoms with Crippen molar-refractivity contribution in [3.05, 3.63) is 46.2 Å².